The van der Waals surface area contributed by atoms with Crippen molar-refractivity contribution in [1.29, 1.82) is 0 Å². The third-order valence-corrected chi connectivity index (χ3v) is 3.52. The number of pyridine rings is 1. The Kier molecular flexibility index (Phi) is 6.41. The minimum absolute atomic E-state index is 0.343. The maximum atomic E-state index is 11.5. The predicted octanol–water partition coefficient (Wildman–Crippen LogP) is 4.34. The van der Waals surface area contributed by atoms with E-state index in [1.54, 1.807) is 0 Å². The number of hydrogen-bond donors (Lipinski definition) is 2. The van der Waals surface area contributed by atoms with Crippen LogP contribution >= 0.6 is 0 Å². The minimum Gasteiger partial charge on any atom is -0.444 e. The third-order valence-electron chi connectivity index (χ3n) is 3.52. The summed E-state index contributed by atoms with van der Waals surface area (Å²) in [5.74, 6) is 0. The van der Waals surface area contributed by atoms with Crippen molar-refractivity contribution in [3.8, 4) is 0 Å². The molecule has 0 atom stereocenters. The number of ether oxygens (including phenoxy) is 1. The van der Waals surface area contributed by atoms with Gasteiger partial charge in [-0.25, -0.2) is 4.79 Å². The molecule has 5 heteroatoms. The lowest BCUT2D eigenvalue weighted by Gasteiger charge is -2.19. The molecule has 2 rings (SSSR count). The molecule has 0 unspecified atom stereocenters. The van der Waals surface area contributed by atoms with Gasteiger partial charge in [0.05, 0.1) is 0 Å². The van der Waals surface area contributed by atoms with Crippen LogP contribution in [0, 0.1) is 0 Å². The number of anilines is 1. The summed E-state index contributed by atoms with van der Waals surface area (Å²) in [5, 5.41) is 8.60. The van der Waals surface area contributed by atoms with Crippen LogP contribution in [0.3, 0.4) is 0 Å². The van der Waals surface area contributed by atoms with Crippen LogP contribution in [0.4, 0.5) is 10.5 Å². The number of fused-ring (bicyclic) bond motifs is 1. The zero-order valence-corrected chi connectivity index (χ0v) is 14.8. The molecule has 130 valence electrons. The van der Waals surface area contributed by atoms with Gasteiger partial charge in [0.25, 0.3) is 0 Å². The normalized spacial score (nSPS) is 11.3. The molecule has 0 aliphatic rings. The molecule has 2 aromatic rings. The van der Waals surface area contributed by atoms with Gasteiger partial charge >= 0.3 is 6.09 Å². The zero-order valence-electron chi connectivity index (χ0n) is 14.8. The van der Waals surface area contributed by atoms with E-state index in [-0.39, 0.29) is 6.09 Å². The largest absolute Gasteiger partial charge is 0.444 e. The summed E-state index contributed by atoms with van der Waals surface area (Å²) in [6.45, 7) is 7.15. The van der Waals surface area contributed by atoms with Gasteiger partial charge in [-0.1, -0.05) is 12.1 Å². The maximum absolute atomic E-state index is 11.5. The first kappa shape index (κ1) is 18.0. The van der Waals surface area contributed by atoms with Crippen molar-refractivity contribution in [2.45, 2.75) is 45.6 Å². The number of nitrogens with zero attached hydrogens (tertiary/aromatic N) is 1. The lowest BCUT2D eigenvalue weighted by atomic mass is 10.1. The summed E-state index contributed by atoms with van der Waals surface area (Å²) < 4.78 is 5.20. The molecule has 1 aromatic carbocycles. The molecule has 0 saturated carbocycles. The summed E-state index contributed by atoms with van der Waals surface area (Å²) in [7, 11) is 0. The number of rotatable bonds is 7. The van der Waals surface area contributed by atoms with Crippen LogP contribution < -0.4 is 10.6 Å². The van der Waals surface area contributed by atoms with Gasteiger partial charge in [-0.2, -0.15) is 0 Å². The summed E-state index contributed by atoms with van der Waals surface area (Å²) in [4.78, 5) is 15.7. The van der Waals surface area contributed by atoms with E-state index >= 15 is 0 Å². The van der Waals surface area contributed by atoms with Crippen LogP contribution in [0.1, 0.15) is 40.0 Å². The topological polar surface area (TPSA) is 63.2 Å². The number of amides is 1. The van der Waals surface area contributed by atoms with Crippen LogP contribution in [-0.4, -0.2) is 29.8 Å². The van der Waals surface area contributed by atoms with Crippen molar-refractivity contribution in [2.24, 2.45) is 0 Å². The van der Waals surface area contributed by atoms with E-state index in [2.05, 4.69) is 27.8 Å². The van der Waals surface area contributed by atoms with E-state index in [4.69, 9.17) is 4.74 Å². The second-order valence-corrected chi connectivity index (χ2v) is 6.82. The number of carbonyl (C=O) groups excluding carboxylic acids is 1. The van der Waals surface area contributed by atoms with Crippen LogP contribution in [0.5, 0.6) is 0 Å². The molecule has 5 nitrogen and oxygen atoms in total. The SMILES string of the molecule is CC(C)(C)OC(=O)NCCCCCNc1cccc2cnccc12. The minimum atomic E-state index is -0.442. The van der Waals surface area contributed by atoms with Crippen LogP contribution in [-0.2, 0) is 4.74 Å². The number of benzene rings is 1. The van der Waals surface area contributed by atoms with Crippen LogP contribution in [0.15, 0.2) is 36.7 Å². The van der Waals surface area contributed by atoms with Gasteiger partial charge in [0, 0.05) is 41.9 Å². The van der Waals surface area contributed by atoms with Crippen molar-refractivity contribution >= 4 is 22.6 Å². The van der Waals surface area contributed by atoms with Crippen LogP contribution in [0.25, 0.3) is 10.8 Å². The lowest BCUT2D eigenvalue weighted by molar-refractivity contribution is 0.0527. The number of hydrogen-bond acceptors (Lipinski definition) is 4. The number of carbonyl (C=O) groups is 1. The summed E-state index contributed by atoms with van der Waals surface area (Å²) >= 11 is 0. The average molecular weight is 329 g/mol. The highest BCUT2D eigenvalue weighted by atomic mass is 16.6. The van der Waals surface area contributed by atoms with E-state index < -0.39 is 5.60 Å². The van der Waals surface area contributed by atoms with Crippen molar-refractivity contribution in [3.63, 3.8) is 0 Å². The van der Waals surface area contributed by atoms with E-state index in [1.165, 1.54) is 5.39 Å². The van der Waals surface area contributed by atoms with Gasteiger partial charge < -0.3 is 15.4 Å². The quantitative estimate of drug-likeness (QED) is 0.742. The Balaban J connectivity index is 1.62. The van der Waals surface area contributed by atoms with Gasteiger partial charge in [-0.3, -0.25) is 4.98 Å². The lowest BCUT2D eigenvalue weighted by Crippen LogP contribution is -2.33. The second-order valence-electron chi connectivity index (χ2n) is 6.82. The number of unbranched alkanes of at least 4 members (excludes halogenated alkanes) is 2. The summed E-state index contributed by atoms with van der Waals surface area (Å²) in [5.41, 5.74) is 0.698. The molecule has 0 spiro atoms. The van der Waals surface area contributed by atoms with Gasteiger partial charge in [0.15, 0.2) is 0 Å². The molecule has 1 aromatic heterocycles. The van der Waals surface area contributed by atoms with Gasteiger partial charge in [0.1, 0.15) is 5.60 Å². The van der Waals surface area contributed by atoms with Crippen molar-refractivity contribution in [2.75, 3.05) is 18.4 Å². The molecule has 24 heavy (non-hydrogen) atoms. The molecule has 0 aliphatic carbocycles. The van der Waals surface area contributed by atoms with Crippen molar-refractivity contribution < 1.29 is 9.53 Å². The van der Waals surface area contributed by atoms with Gasteiger partial charge in [-0.15, -0.1) is 0 Å². The fourth-order valence-electron chi connectivity index (χ4n) is 2.43. The molecular formula is C19H27N3O2. The molecule has 0 saturated heterocycles. The Bertz CT molecular complexity index is 660. The molecule has 2 N–H and O–H groups in total. The Hall–Kier alpha value is -2.30. The predicted molar refractivity (Wildman–Crippen MR) is 98.3 cm³/mol. The van der Waals surface area contributed by atoms with Crippen LogP contribution in [0.2, 0.25) is 0 Å². The summed E-state index contributed by atoms with van der Waals surface area (Å²) in [6, 6.07) is 8.22. The smallest absolute Gasteiger partial charge is 0.407 e. The number of aromatic nitrogens is 1. The second kappa shape index (κ2) is 8.52. The molecule has 0 aliphatic heterocycles. The molecule has 1 heterocycles. The number of alkyl carbamates (subject to hydrolysis) is 1. The first-order chi connectivity index (χ1) is 11.5. The monoisotopic (exact) mass is 329 g/mol. The van der Waals surface area contributed by atoms with E-state index in [9.17, 15) is 4.79 Å². The Morgan fingerprint density at radius 1 is 1.12 bits per heavy atom. The highest BCUT2D eigenvalue weighted by Gasteiger charge is 2.15. The Morgan fingerprint density at radius 2 is 1.92 bits per heavy atom. The number of nitrogens with one attached hydrogen (secondary N) is 2. The van der Waals surface area contributed by atoms with E-state index in [1.807, 2.05) is 45.3 Å². The molecule has 1 amide bonds. The first-order valence-corrected chi connectivity index (χ1v) is 8.49. The summed E-state index contributed by atoms with van der Waals surface area (Å²) in [6.07, 6.45) is 6.40. The van der Waals surface area contributed by atoms with Gasteiger partial charge in [0.2, 0.25) is 0 Å². The molecule has 0 fully saturated rings. The fraction of sp³-hybridized carbons (Fsp3) is 0.474. The molecule has 0 radical (unpaired) electrons. The Morgan fingerprint density at radius 3 is 2.71 bits per heavy atom. The highest BCUT2D eigenvalue weighted by molar-refractivity contribution is 5.93. The Labute approximate surface area is 143 Å². The standard InChI is InChI=1S/C19H27N3O2/c1-19(2,3)24-18(23)22-12-6-4-5-11-21-17-9-7-8-15-14-20-13-10-16(15)17/h7-10,13-14,21H,4-6,11-12H2,1-3H3,(H,22,23). The van der Waals surface area contributed by atoms with E-state index in [0.717, 1.165) is 36.9 Å². The zero-order chi connectivity index (χ0) is 17.4. The van der Waals surface area contributed by atoms with Crippen molar-refractivity contribution in [1.82, 2.24) is 10.3 Å². The average Bonchev–Trinajstić information content (AvgIpc) is 2.52. The maximum Gasteiger partial charge on any atom is 0.407 e. The molecular weight excluding hydrogens is 302 g/mol. The third kappa shape index (κ3) is 6.07. The molecule has 0 bridgehead atoms. The van der Waals surface area contributed by atoms with Crippen molar-refractivity contribution in [3.05, 3.63) is 36.7 Å². The van der Waals surface area contributed by atoms with Gasteiger partial charge in [-0.05, 0) is 52.2 Å². The highest BCUT2D eigenvalue weighted by Crippen LogP contribution is 2.22. The fourth-order valence-corrected chi connectivity index (χ4v) is 2.43. The van der Waals surface area contributed by atoms with E-state index in [0.29, 0.717) is 6.54 Å². The first-order valence-electron chi connectivity index (χ1n) is 8.49.